The molecule has 3 nitrogen and oxygen atoms in total. The number of sulfone groups is 1. The molecule has 0 fully saturated rings. The van der Waals surface area contributed by atoms with Crippen LogP contribution in [0.1, 0.15) is 16.8 Å². The van der Waals surface area contributed by atoms with Crippen LogP contribution in [0.25, 0.3) is 11.1 Å². The van der Waals surface area contributed by atoms with Crippen molar-refractivity contribution >= 4 is 21.0 Å². The molecule has 0 spiro atoms. The average molecular weight is 501 g/mol. The number of nitrogens with zero attached hydrogens (tertiary/aromatic N) is 1. The minimum Gasteiger partial charge on any atom is -0.256 e. The van der Waals surface area contributed by atoms with Crippen molar-refractivity contribution in [2.45, 2.75) is 23.4 Å². The number of allylic oxidation sites excluding steroid dienone is 4. The Hall–Kier alpha value is -2.83. The molecule has 0 amide bonds. The first kappa shape index (κ1) is 24.8. The molecule has 3 rings (SSSR count). The topological polar surface area (TPSA) is 47.0 Å². The molecule has 0 atom stereocenters. The molecular weight excluding hydrogens is 489 g/mol. The fourth-order valence-electron chi connectivity index (χ4n) is 3.31. The molecule has 13 heteroatoms. The zero-order valence-electron chi connectivity index (χ0n) is 16.3. The molecule has 0 saturated carbocycles. The second kappa shape index (κ2) is 7.61. The highest BCUT2D eigenvalue weighted by molar-refractivity contribution is 7.90. The van der Waals surface area contributed by atoms with Crippen LogP contribution in [-0.4, -0.2) is 32.0 Å². The van der Waals surface area contributed by atoms with Crippen LogP contribution in [0.15, 0.2) is 59.6 Å². The van der Waals surface area contributed by atoms with Crippen LogP contribution in [-0.2, 0) is 16.0 Å². The Kier molecular flexibility index (Phi) is 5.72. The van der Waals surface area contributed by atoms with E-state index in [1.807, 2.05) is 0 Å². The molecule has 1 aliphatic rings. The summed E-state index contributed by atoms with van der Waals surface area (Å²) in [6.45, 7) is 0. The molecule has 0 unspecified atom stereocenters. The summed E-state index contributed by atoms with van der Waals surface area (Å²) in [6.07, 6.45) is -15.3. The van der Waals surface area contributed by atoms with Crippen molar-refractivity contribution in [3.05, 3.63) is 71.6 Å². The van der Waals surface area contributed by atoms with Crippen LogP contribution in [0.2, 0.25) is 0 Å². The summed E-state index contributed by atoms with van der Waals surface area (Å²) in [5.74, 6) is 0. The van der Waals surface area contributed by atoms with E-state index < -0.39 is 56.2 Å². The molecule has 1 aliphatic carbocycles. The molecule has 1 aromatic heterocycles. The van der Waals surface area contributed by atoms with Crippen LogP contribution in [0.3, 0.4) is 0 Å². The van der Waals surface area contributed by atoms with Gasteiger partial charge in [-0.1, -0.05) is 12.1 Å². The Labute approximate surface area is 181 Å². The fourth-order valence-corrected chi connectivity index (χ4v) is 3.94. The number of benzene rings is 1. The lowest BCUT2D eigenvalue weighted by molar-refractivity contribution is -0.297. The van der Waals surface area contributed by atoms with E-state index in [0.29, 0.717) is 18.2 Å². The van der Waals surface area contributed by atoms with Crippen molar-refractivity contribution in [1.29, 1.82) is 0 Å². The minimum atomic E-state index is -5.92. The molecular formula is C20H12F9NO2S. The third-order valence-corrected chi connectivity index (χ3v) is 6.10. The summed E-state index contributed by atoms with van der Waals surface area (Å²) in [5.41, 5.74) is -8.96. The highest BCUT2D eigenvalue weighted by atomic mass is 32.2. The molecule has 1 heterocycles. The van der Waals surface area contributed by atoms with Crippen molar-refractivity contribution in [2.24, 2.45) is 5.41 Å². The maximum Gasteiger partial charge on any atom is 0.417 e. The first-order valence-electron chi connectivity index (χ1n) is 8.80. The maximum atomic E-state index is 13.9. The van der Waals surface area contributed by atoms with E-state index in [0.717, 1.165) is 30.5 Å². The van der Waals surface area contributed by atoms with Gasteiger partial charge in [0.15, 0.2) is 9.84 Å². The number of hydrogen-bond acceptors (Lipinski definition) is 3. The lowest BCUT2D eigenvalue weighted by Crippen LogP contribution is -2.48. The standard InChI is InChI=1S/C20H12F9NO2S/c1-33(31,32)14-5-2-11(3-6-14)12-8-15(16-7-4-13(10-30-16)18(21,22)23)17(9-12,19(24,25)26)20(27,28)29/h2-10H,1H3. The average Bonchev–Trinajstić information content (AvgIpc) is 3.09. The van der Waals surface area contributed by atoms with Crippen molar-refractivity contribution in [1.82, 2.24) is 4.98 Å². The van der Waals surface area contributed by atoms with Gasteiger partial charge in [0.25, 0.3) is 0 Å². The molecule has 33 heavy (non-hydrogen) atoms. The number of halogens is 9. The van der Waals surface area contributed by atoms with Gasteiger partial charge in [0, 0.05) is 18.0 Å². The molecule has 2 aromatic rings. The molecule has 0 aliphatic heterocycles. The Morgan fingerprint density at radius 3 is 1.76 bits per heavy atom. The van der Waals surface area contributed by atoms with Crippen LogP contribution >= 0.6 is 0 Å². The normalized spacial score (nSPS) is 17.0. The number of aromatic nitrogens is 1. The predicted octanol–water partition coefficient (Wildman–Crippen LogP) is 6.10. The third kappa shape index (κ3) is 4.37. The molecule has 0 radical (unpaired) electrons. The molecule has 1 aromatic carbocycles. The van der Waals surface area contributed by atoms with Gasteiger partial charge in [0.1, 0.15) is 0 Å². The summed E-state index contributed by atoms with van der Waals surface area (Å²) < 4.78 is 145. The number of pyridine rings is 1. The highest BCUT2D eigenvalue weighted by Crippen LogP contribution is 2.62. The van der Waals surface area contributed by atoms with Gasteiger partial charge in [0.2, 0.25) is 5.41 Å². The van der Waals surface area contributed by atoms with Gasteiger partial charge < -0.3 is 0 Å². The van der Waals surface area contributed by atoms with Gasteiger partial charge in [-0.25, -0.2) is 8.42 Å². The number of alkyl halides is 9. The Morgan fingerprint density at radius 1 is 0.818 bits per heavy atom. The van der Waals surface area contributed by atoms with Crippen molar-refractivity contribution < 1.29 is 47.9 Å². The SMILES string of the molecule is CS(=O)(=O)c1ccc(C2=CC(C(F)(F)F)(C(F)(F)F)C(c3ccc(C(F)(F)F)cn3)=C2)cc1. The van der Waals surface area contributed by atoms with Crippen molar-refractivity contribution in [2.75, 3.05) is 6.26 Å². The zero-order chi connectivity index (χ0) is 25.0. The van der Waals surface area contributed by atoms with Crippen LogP contribution in [0.4, 0.5) is 39.5 Å². The smallest absolute Gasteiger partial charge is 0.256 e. The lowest BCUT2D eigenvalue weighted by Gasteiger charge is -2.34. The zero-order valence-corrected chi connectivity index (χ0v) is 17.1. The number of rotatable bonds is 3. The van der Waals surface area contributed by atoms with E-state index in [9.17, 15) is 47.9 Å². The van der Waals surface area contributed by atoms with Gasteiger partial charge in [0.05, 0.1) is 16.2 Å². The monoisotopic (exact) mass is 501 g/mol. The van der Waals surface area contributed by atoms with Gasteiger partial charge in [-0.2, -0.15) is 39.5 Å². The summed E-state index contributed by atoms with van der Waals surface area (Å²) in [5, 5.41) is 0. The Balaban J connectivity index is 2.23. The quantitative estimate of drug-likeness (QED) is 0.478. The van der Waals surface area contributed by atoms with Gasteiger partial charge >= 0.3 is 18.5 Å². The largest absolute Gasteiger partial charge is 0.417 e. The summed E-state index contributed by atoms with van der Waals surface area (Å²) in [7, 11) is -3.68. The van der Waals surface area contributed by atoms with E-state index in [-0.39, 0.29) is 22.7 Å². The van der Waals surface area contributed by atoms with Crippen LogP contribution < -0.4 is 0 Å². The fraction of sp³-hybridized carbons (Fsp3) is 0.250. The summed E-state index contributed by atoms with van der Waals surface area (Å²) >= 11 is 0. The molecule has 0 saturated heterocycles. The second-order valence-corrected chi connectivity index (χ2v) is 9.20. The minimum absolute atomic E-state index is 0.0862. The predicted molar refractivity (Wildman–Crippen MR) is 99.3 cm³/mol. The van der Waals surface area contributed by atoms with Crippen LogP contribution in [0, 0.1) is 5.41 Å². The van der Waals surface area contributed by atoms with E-state index in [1.165, 1.54) is 0 Å². The van der Waals surface area contributed by atoms with Gasteiger partial charge in [-0.05, 0) is 47.6 Å². The highest BCUT2D eigenvalue weighted by Gasteiger charge is 2.73. The summed E-state index contributed by atoms with van der Waals surface area (Å²) in [6, 6.07) is 4.84. The first-order chi connectivity index (χ1) is 14.9. The molecule has 0 bridgehead atoms. The van der Waals surface area contributed by atoms with Crippen molar-refractivity contribution in [3.8, 4) is 0 Å². The third-order valence-electron chi connectivity index (χ3n) is 4.97. The van der Waals surface area contributed by atoms with Gasteiger partial charge in [-0.15, -0.1) is 0 Å². The Morgan fingerprint density at radius 2 is 1.36 bits per heavy atom. The molecule has 0 N–H and O–H groups in total. The second-order valence-electron chi connectivity index (χ2n) is 7.19. The maximum absolute atomic E-state index is 13.9. The van der Waals surface area contributed by atoms with E-state index in [4.69, 9.17) is 0 Å². The Bertz CT molecular complexity index is 1200. The van der Waals surface area contributed by atoms with Crippen LogP contribution in [0.5, 0.6) is 0 Å². The summed E-state index contributed by atoms with van der Waals surface area (Å²) in [4.78, 5) is 3.01. The van der Waals surface area contributed by atoms with Crippen molar-refractivity contribution in [3.63, 3.8) is 0 Å². The van der Waals surface area contributed by atoms with E-state index >= 15 is 0 Å². The molecule has 178 valence electrons. The van der Waals surface area contributed by atoms with E-state index in [1.54, 1.807) is 0 Å². The lowest BCUT2D eigenvalue weighted by atomic mass is 9.79. The van der Waals surface area contributed by atoms with Gasteiger partial charge in [-0.3, -0.25) is 4.98 Å². The first-order valence-corrected chi connectivity index (χ1v) is 10.7. The number of hydrogen-bond donors (Lipinski definition) is 0. The van der Waals surface area contributed by atoms with E-state index in [2.05, 4.69) is 4.98 Å².